The van der Waals surface area contributed by atoms with Crippen molar-refractivity contribution in [2.45, 2.75) is 0 Å². The molecule has 2 aromatic heterocycles. The molecule has 4 aromatic rings. The Morgan fingerprint density at radius 3 is 2.60 bits per heavy atom. The number of hydrogen-bond donors (Lipinski definition) is 1. The average Bonchev–Trinajstić information content (AvgIpc) is 2.67. The number of carbonyl (C=O) groups excluding carboxylic acids is 1. The van der Waals surface area contributed by atoms with Crippen LogP contribution in [0, 0.1) is 0 Å². The lowest BCUT2D eigenvalue weighted by Crippen LogP contribution is -2.13. The Morgan fingerprint density at radius 2 is 1.76 bits per heavy atom. The van der Waals surface area contributed by atoms with Crippen molar-refractivity contribution in [3.05, 3.63) is 72.6 Å². The molecule has 0 unspecified atom stereocenters. The minimum Gasteiger partial charge on any atom is -0.481 e. The standard InChI is InChI=1S/C20H15N3O2/c1-25-19-10-16(15-8-4-5-9-17(15)22-19)20(24)23-18-12-21-11-13-6-2-3-7-14(13)18/h2-12H,1H3,(H,23,24). The van der Waals surface area contributed by atoms with Gasteiger partial charge in [-0.05, 0) is 6.07 Å². The quantitative estimate of drug-likeness (QED) is 0.616. The van der Waals surface area contributed by atoms with E-state index in [1.807, 2.05) is 48.5 Å². The number of hydrogen-bond acceptors (Lipinski definition) is 4. The number of pyridine rings is 2. The monoisotopic (exact) mass is 329 g/mol. The number of nitrogens with zero attached hydrogens (tertiary/aromatic N) is 2. The summed E-state index contributed by atoms with van der Waals surface area (Å²) in [6.45, 7) is 0. The third-order valence-electron chi connectivity index (χ3n) is 4.06. The van der Waals surface area contributed by atoms with Crippen LogP contribution in [-0.2, 0) is 0 Å². The molecule has 0 spiro atoms. The maximum atomic E-state index is 12.9. The maximum absolute atomic E-state index is 12.9. The van der Waals surface area contributed by atoms with Crippen molar-refractivity contribution in [1.29, 1.82) is 0 Å². The minimum atomic E-state index is -0.227. The smallest absolute Gasteiger partial charge is 0.256 e. The van der Waals surface area contributed by atoms with Gasteiger partial charge in [0.2, 0.25) is 5.88 Å². The van der Waals surface area contributed by atoms with Gasteiger partial charge in [0.1, 0.15) is 0 Å². The van der Waals surface area contributed by atoms with Crippen molar-refractivity contribution in [1.82, 2.24) is 9.97 Å². The van der Waals surface area contributed by atoms with Crippen molar-refractivity contribution in [3.8, 4) is 5.88 Å². The number of amides is 1. The summed E-state index contributed by atoms with van der Waals surface area (Å²) < 4.78 is 5.23. The van der Waals surface area contributed by atoms with Gasteiger partial charge >= 0.3 is 0 Å². The second-order valence-corrected chi connectivity index (χ2v) is 5.59. The van der Waals surface area contributed by atoms with Crippen LogP contribution in [0.1, 0.15) is 10.4 Å². The maximum Gasteiger partial charge on any atom is 0.256 e. The molecule has 1 amide bonds. The summed E-state index contributed by atoms with van der Waals surface area (Å²) >= 11 is 0. The van der Waals surface area contributed by atoms with E-state index in [1.54, 1.807) is 18.5 Å². The first kappa shape index (κ1) is 15.1. The third kappa shape index (κ3) is 2.76. The van der Waals surface area contributed by atoms with Gasteiger partial charge in [-0.25, -0.2) is 4.98 Å². The predicted molar refractivity (Wildman–Crippen MR) is 98.0 cm³/mol. The summed E-state index contributed by atoms with van der Waals surface area (Å²) in [5.74, 6) is 0.176. The van der Waals surface area contributed by atoms with Crippen molar-refractivity contribution >= 4 is 33.3 Å². The SMILES string of the molecule is COc1cc(C(=O)Nc2cncc3ccccc23)c2ccccc2n1. The highest BCUT2D eigenvalue weighted by Gasteiger charge is 2.14. The number of para-hydroxylation sites is 1. The average molecular weight is 329 g/mol. The zero-order valence-corrected chi connectivity index (χ0v) is 13.6. The number of benzene rings is 2. The van der Waals surface area contributed by atoms with Gasteiger partial charge in [-0.3, -0.25) is 9.78 Å². The van der Waals surface area contributed by atoms with Crippen LogP contribution in [0.25, 0.3) is 21.7 Å². The van der Waals surface area contributed by atoms with E-state index in [0.717, 1.165) is 16.2 Å². The number of anilines is 1. The molecule has 0 radical (unpaired) electrons. The summed E-state index contributed by atoms with van der Waals surface area (Å²) in [4.78, 5) is 21.5. The molecule has 0 aliphatic heterocycles. The topological polar surface area (TPSA) is 64.1 Å². The van der Waals surface area contributed by atoms with E-state index in [4.69, 9.17) is 4.74 Å². The summed E-state index contributed by atoms with van der Waals surface area (Å²) in [6.07, 6.45) is 3.43. The van der Waals surface area contributed by atoms with E-state index in [0.29, 0.717) is 22.6 Å². The number of fused-ring (bicyclic) bond motifs is 2. The summed E-state index contributed by atoms with van der Waals surface area (Å²) in [7, 11) is 1.54. The van der Waals surface area contributed by atoms with Crippen molar-refractivity contribution in [3.63, 3.8) is 0 Å². The zero-order valence-electron chi connectivity index (χ0n) is 13.6. The van der Waals surface area contributed by atoms with Crippen molar-refractivity contribution in [2.24, 2.45) is 0 Å². The van der Waals surface area contributed by atoms with E-state index in [2.05, 4.69) is 15.3 Å². The van der Waals surface area contributed by atoms with E-state index < -0.39 is 0 Å². The molecule has 0 aliphatic rings. The number of aromatic nitrogens is 2. The van der Waals surface area contributed by atoms with Gasteiger partial charge in [0.15, 0.2) is 0 Å². The first-order valence-corrected chi connectivity index (χ1v) is 7.84. The molecule has 0 fully saturated rings. The fourth-order valence-corrected chi connectivity index (χ4v) is 2.85. The summed E-state index contributed by atoms with van der Waals surface area (Å²) in [6, 6.07) is 16.9. The lowest BCUT2D eigenvalue weighted by atomic mass is 10.1. The molecule has 122 valence electrons. The van der Waals surface area contributed by atoms with Gasteiger partial charge < -0.3 is 10.1 Å². The number of nitrogens with one attached hydrogen (secondary N) is 1. The molecular weight excluding hydrogens is 314 g/mol. The van der Waals surface area contributed by atoms with Crippen LogP contribution in [0.4, 0.5) is 5.69 Å². The molecule has 5 nitrogen and oxygen atoms in total. The Labute approximate surface area is 144 Å². The minimum absolute atomic E-state index is 0.227. The fourth-order valence-electron chi connectivity index (χ4n) is 2.85. The molecular formula is C20H15N3O2. The molecule has 2 aromatic carbocycles. The van der Waals surface area contributed by atoms with Crippen molar-refractivity contribution in [2.75, 3.05) is 12.4 Å². The van der Waals surface area contributed by atoms with Gasteiger partial charge in [0.25, 0.3) is 5.91 Å². The lowest BCUT2D eigenvalue weighted by Gasteiger charge is -2.11. The normalized spacial score (nSPS) is 10.8. The van der Waals surface area contributed by atoms with Gasteiger partial charge in [0.05, 0.1) is 30.1 Å². The predicted octanol–water partition coefficient (Wildman–Crippen LogP) is 4.04. The van der Waals surface area contributed by atoms with Crippen LogP contribution in [0.5, 0.6) is 5.88 Å². The van der Waals surface area contributed by atoms with E-state index in [-0.39, 0.29) is 5.91 Å². The second kappa shape index (κ2) is 6.20. The van der Waals surface area contributed by atoms with Crippen LogP contribution in [-0.4, -0.2) is 23.0 Å². The molecule has 0 atom stereocenters. The molecule has 2 heterocycles. The van der Waals surface area contributed by atoms with Crippen molar-refractivity contribution < 1.29 is 9.53 Å². The van der Waals surface area contributed by atoms with Gasteiger partial charge in [-0.15, -0.1) is 0 Å². The highest BCUT2D eigenvalue weighted by Crippen LogP contribution is 2.25. The summed E-state index contributed by atoms with van der Waals surface area (Å²) in [5, 5.41) is 5.64. The van der Waals surface area contributed by atoms with E-state index in [1.165, 1.54) is 7.11 Å². The molecule has 0 saturated carbocycles. The highest BCUT2D eigenvalue weighted by molar-refractivity contribution is 6.14. The number of ether oxygens (including phenoxy) is 1. The third-order valence-corrected chi connectivity index (χ3v) is 4.06. The van der Waals surface area contributed by atoms with Gasteiger partial charge in [-0.1, -0.05) is 42.5 Å². The molecule has 0 bridgehead atoms. The van der Waals surface area contributed by atoms with Crippen LogP contribution in [0.3, 0.4) is 0 Å². The Balaban J connectivity index is 1.80. The van der Waals surface area contributed by atoms with Gasteiger partial charge in [0, 0.05) is 28.4 Å². The molecule has 0 aliphatic carbocycles. The highest BCUT2D eigenvalue weighted by atomic mass is 16.5. The van der Waals surface area contributed by atoms with E-state index >= 15 is 0 Å². The first-order valence-electron chi connectivity index (χ1n) is 7.84. The Morgan fingerprint density at radius 1 is 1.00 bits per heavy atom. The summed E-state index contributed by atoms with van der Waals surface area (Å²) in [5.41, 5.74) is 1.89. The Bertz CT molecular complexity index is 1090. The number of rotatable bonds is 3. The van der Waals surface area contributed by atoms with Crippen LogP contribution < -0.4 is 10.1 Å². The fraction of sp³-hybridized carbons (Fsp3) is 0.0500. The van der Waals surface area contributed by atoms with Crippen LogP contribution >= 0.6 is 0 Å². The van der Waals surface area contributed by atoms with E-state index in [9.17, 15) is 4.79 Å². The molecule has 25 heavy (non-hydrogen) atoms. The Kier molecular flexibility index (Phi) is 3.74. The van der Waals surface area contributed by atoms with Gasteiger partial charge in [-0.2, -0.15) is 0 Å². The first-order chi connectivity index (χ1) is 12.3. The van der Waals surface area contributed by atoms with Crippen LogP contribution in [0.15, 0.2) is 67.0 Å². The number of methoxy groups -OCH3 is 1. The largest absolute Gasteiger partial charge is 0.481 e. The lowest BCUT2D eigenvalue weighted by molar-refractivity contribution is 0.102. The number of carbonyl (C=O) groups is 1. The molecule has 0 saturated heterocycles. The second-order valence-electron chi connectivity index (χ2n) is 5.59. The molecule has 1 N–H and O–H groups in total. The van der Waals surface area contributed by atoms with Crippen LogP contribution in [0.2, 0.25) is 0 Å². The zero-order chi connectivity index (χ0) is 17.2. The molecule has 5 heteroatoms. The molecule has 4 rings (SSSR count). The Hall–Kier alpha value is -3.47.